The first-order valence-electron chi connectivity index (χ1n) is 9.88. The van der Waals surface area contributed by atoms with E-state index in [-0.39, 0.29) is 24.6 Å². The van der Waals surface area contributed by atoms with Gasteiger partial charge in [-0.25, -0.2) is 13.4 Å². The molecule has 0 atom stereocenters. The maximum absolute atomic E-state index is 12.8. The van der Waals surface area contributed by atoms with Crippen molar-refractivity contribution in [3.05, 3.63) is 64.0 Å². The number of amides is 1. The topological polar surface area (TPSA) is 88.6 Å². The molecule has 4 rings (SSSR count). The number of morpholine rings is 1. The summed E-state index contributed by atoms with van der Waals surface area (Å²) in [4.78, 5) is 18.1. The number of thiazole rings is 1. The molecule has 1 fully saturated rings. The number of carbonyl (C=O) groups excluding carboxylic acids is 1. The first-order chi connectivity index (χ1) is 15.0. The van der Waals surface area contributed by atoms with Crippen LogP contribution in [-0.2, 0) is 38.3 Å². The van der Waals surface area contributed by atoms with Gasteiger partial charge in [0.25, 0.3) is 0 Å². The lowest BCUT2D eigenvalue weighted by atomic mass is 10.1. The number of sulfonamides is 1. The highest BCUT2D eigenvalue weighted by molar-refractivity contribution is 7.88. The molecule has 31 heavy (non-hydrogen) atoms. The molecule has 0 spiro atoms. The van der Waals surface area contributed by atoms with Crippen molar-refractivity contribution < 1.29 is 17.9 Å². The van der Waals surface area contributed by atoms with Crippen LogP contribution in [0.15, 0.2) is 47.2 Å². The highest BCUT2D eigenvalue weighted by atomic mass is 32.2. The minimum atomic E-state index is -3.43. The summed E-state index contributed by atoms with van der Waals surface area (Å²) in [5.74, 6) is -0.233. The Bertz CT molecular complexity index is 1120. The molecule has 1 aliphatic rings. The van der Waals surface area contributed by atoms with Crippen LogP contribution < -0.4 is 5.32 Å². The highest BCUT2D eigenvalue weighted by Gasteiger charge is 2.25. The number of nitrogens with zero attached hydrogens (tertiary/aromatic N) is 2. The molecule has 1 N–H and O–H groups in total. The average Bonchev–Trinajstić information content (AvgIpc) is 3.46. The van der Waals surface area contributed by atoms with Crippen LogP contribution >= 0.6 is 22.7 Å². The number of nitrogens with one attached hydrogen (secondary N) is 1. The first-order valence-corrected chi connectivity index (χ1v) is 13.3. The second-order valence-electron chi connectivity index (χ2n) is 7.11. The summed E-state index contributed by atoms with van der Waals surface area (Å²) in [6, 6.07) is 11.3. The van der Waals surface area contributed by atoms with E-state index in [0.717, 1.165) is 21.1 Å². The minimum Gasteiger partial charge on any atom is -0.379 e. The molecule has 0 unspecified atom stereocenters. The lowest BCUT2D eigenvalue weighted by Crippen LogP contribution is -2.41. The van der Waals surface area contributed by atoms with E-state index >= 15 is 0 Å². The van der Waals surface area contributed by atoms with Gasteiger partial charge in [-0.2, -0.15) is 4.31 Å². The quantitative estimate of drug-likeness (QED) is 0.539. The van der Waals surface area contributed by atoms with Crippen LogP contribution in [0.1, 0.15) is 16.8 Å². The van der Waals surface area contributed by atoms with Crippen molar-refractivity contribution in [2.45, 2.75) is 18.7 Å². The molecule has 3 aromatic rings. The second kappa shape index (κ2) is 10.0. The fraction of sp³-hybridized carbons (Fsp3) is 0.333. The smallest absolute Gasteiger partial charge is 0.226 e. The van der Waals surface area contributed by atoms with E-state index < -0.39 is 10.0 Å². The first kappa shape index (κ1) is 22.1. The Morgan fingerprint density at radius 1 is 1.10 bits per heavy atom. The lowest BCUT2D eigenvalue weighted by molar-refractivity contribution is -0.120. The minimum absolute atomic E-state index is 0.0880. The third-order valence-electron chi connectivity index (χ3n) is 4.92. The van der Waals surface area contributed by atoms with E-state index in [1.54, 1.807) is 17.4 Å². The fourth-order valence-corrected chi connectivity index (χ4v) is 6.50. The summed E-state index contributed by atoms with van der Waals surface area (Å²) in [6.45, 7) is 1.86. The standard InChI is InChI=1S/C21H23N3O4S3/c25-20(12-18-14-30-21(23-18)19-6-3-11-29-19)22-13-16-4-1-2-5-17(16)15-31(26,27)24-7-9-28-10-8-24/h1-6,11,14H,7-10,12-13,15H2,(H,22,25). The lowest BCUT2D eigenvalue weighted by Gasteiger charge is -2.26. The molecule has 0 radical (unpaired) electrons. The summed E-state index contributed by atoms with van der Waals surface area (Å²) >= 11 is 3.14. The molecule has 1 aromatic carbocycles. The van der Waals surface area contributed by atoms with Crippen LogP contribution in [0.25, 0.3) is 9.88 Å². The van der Waals surface area contributed by atoms with Crippen molar-refractivity contribution >= 4 is 38.6 Å². The van der Waals surface area contributed by atoms with Crippen LogP contribution in [0, 0.1) is 0 Å². The zero-order valence-electron chi connectivity index (χ0n) is 16.8. The van der Waals surface area contributed by atoms with Crippen molar-refractivity contribution in [1.29, 1.82) is 0 Å². The Kier molecular flexibility index (Phi) is 7.13. The highest BCUT2D eigenvalue weighted by Crippen LogP contribution is 2.27. The third-order valence-corrected chi connectivity index (χ3v) is 8.68. The summed E-state index contributed by atoms with van der Waals surface area (Å²) in [6.07, 6.45) is 0.191. The van der Waals surface area contributed by atoms with Gasteiger partial charge in [-0.3, -0.25) is 4.79 Å². The monoisotopic (exact) mass is 477 g/mol. The van der Waals surface area contributed by atoms with Crippen LogP contribution in [0.2, 0.25) is 0 Å². The molecular formula is C21H23N3O4S3. The second-order valence-corrected chi connectivity index (χ2v) is 10.9. The van der Waals surface area contributed by atoms with E-state index in [4.69, 9.17) is 4.74 Å². The van der Waals surface area contributed by atoms with Crippen molar-refractivity contribution in [1.82, 2.24) is 14.6 Å². The van der Waals surface area contributed by atoms with Gasteiger partial charge in [-0.15, -0.1) is 22.7 Å². The number of carbonyl (C=O) groups is 1. The van der Waals surface area contributed by atoms with Gasteiger partial charge in [0.2, 0.25) is 15.9 Å². The molecule has 10 heteroatoms. The van der Waals surface area contributed by atoms with Gasteiger partial charge >= 0.3 is 0 Å². The number of aromatic nitrogens is 1. The van der Waals surface area contributed by atoms with Gasteiger partial charge < -0.3 is 10.1 Å². The normalized spacial score (nSPS) is 15.1. The van der Waals surface area contributed by atoms with Gasteiger partial charge in [-0.05, 0) is 22.6 Å². The predicted octanol–water partition coefficient (Wildman–Crippen LogP) is 2.89. The Hall–Kier alpha value is -2.11. The molecule has 0 saturated carbocycles. The van der Waals surface area contributed by atoms with Crippen LogP contribution in [0.4, 0.5) is 0 Å². The number of thiophene rings is 1. The van der Waals surface area contributed by atoms with Crippen LogP contribution in [-0.4, -0.2) is 49.9 Å². The van der Waals surface area contributed by atoms with Crippen molar-refractivity contribution in [3.63, 3.8) is 0 Å². The van der Waals surface area contributed by atoms with E-state index in [1.165, 1.54) is 15.6 Å². The number of rotatable bonds is 8. The summed E-state index contributed by atoms with van der Waals surface area (Å²) < 4.78 is 32.2. The van der Waals surface area contributed by atoms with E-state index in [9.17, 15) is 13.2 Å². The van der Waals surface area contributed by atoms with Gasteiger partial charge in [-0.1, -0.05) is 30.3 Å². The van der Waals surface area contributed by atoms with E-state index in [2.05, 4.69) is 10.3 Å². The fourth-order valence-electron chi connectivity index (χ4n) is 3.31. The molecule has 7 nitrogen and oxygen atoms in total. The van der Waals surface area contributed by atoms with Gasteiger partial charge in [0.15, 0.2) is 0 Å². The Morgan fingerprint density at radius 3 is 2.61 bits per heavy atom. The zero-order valence-corrected chi connectivity index (χ0v) is 19.3. The van der Waals surface area contributed by atoms with Crippen LogP contribution in [0.3, 0.4) is 0 Å². The summed E-state index contributed by atoms with van der Waals surface area (Å²) in [5.41, 5.74) is 2.22. The Balaban J connectivity index is 1.36. The van der Waals surface area contributed by atoms with E-state index in [0.29, 0.717) is 31.9 Å². The Morgan fingerprint density at radius 2 is 1.87 bits per heavy atom. The predicted molar refractivity (Wildman–Crippen MR) is 122 cm³/mol. The zero-order chi connectivity index (χ0) is 21.7. The van der Waals surface area contributed by atoms with Gasteiger partial charge in [0.05, 0.1) is 36.0 Å². The molecule has 0 bridgehead atoms. The number of benzene rings is 1. The molecule has 1 aliphatic heterocycles. The summed E-state index contributed by atoms with van der Waals surface area (Å²) in [5, 5.41) is 7.71. The van der Waals surface area contributed by atoms with Crippen LogP contribution in [0.5, 0.6) is 0 Å². The van der Waals surface area contributed by atoms with Gasteiger partial charge in [0.1, 0.15) is 5.01 Å². The van der Waals surface area contributed by atoms with Crippen molar-refractivity contribution in [2.75, 3.05) is 26.3 Å². The number of hydrogen-bond donors (Lipinski definition) is 1. The number of ether oxygens (including phenoxy) is 1. The molecule has 0 aliphatic carbocycles. The maximum Gasteiger partial charge on any atom is 0.226 e. The summed E-state index contributed by atoms with van der Waals surface area (Å²) in [7, 11) is -3.43. The SMILES string of the molecule is O=C(Cc1csc(-c2cccs2)n1)NCc1ccccc1CS(=O)(=O)N1CCOCC1. The van der Waals surface area contributed by atoms with E-state index in [1.807, 2.05) is 41.1 Å². The van der Waals surface area contributed by atoms with Crippen molar-refractivity contribution in [3.8, 4) is 9.88 Å². The van der Waals surface area contributed by atoms with Gasteiger partial charge in [0, 0.05) is 25.0 Å². The molecule has 1 saturated heterocycles. The molecule has 1 amide bonds. The molecule has 3 heterocycles. The molecule has 164 valence electrons. The molecule has 2 aromatic heterocycles. The maximum atomic E-state index is 12.8. The largest absolute Gasteiger partial charge is 0.379 e. The average molecular weight is 478 g/mol. The third kappa shape index (κ3) is 5.78. The number of hydrogen-bond acceptors (Lipinski definition) is 7. The Labute approximate surface area is 189 Å². The van der Waals surface area contributed by atoms with Crippen molar-refractivity contribution in [2.24, 2.45) is 0 Å². The molecular weight excluding hydrogens is 454 g/mol.